The summed E-state index contributed by atoms with van der Waals surface area (Å²) in [6.45, 7) is 19.5. The Morgan fingerprint density at radius 1 is 1.03 bits per heavy atom. The van der Waals surface area contributed by atoms with Crippen LogP contribution in [0.4, 0.5) is 0 Å². The molecule has 1 aliphatic carbocycles. The molecular formula is C24H41O2PS2. The van der Waals surface area contributed by atoms with Gasteiger partial charge in [-0.2, -0.15) is 0 Å². The Morgan fingerprint density at radius 2 is 1.52 bits per heavy atom. The zero-order valence-electron chi connectivity index (χ0n) is 19.7. The molecule has 0 heterocycles. The van der Waals surface area contributed by atoms with Crippen LogP contribution in [0, 0.1) is 17.8 Å². The second-order valence-electron chi connectivity index (χ2n) is 11.4. The normalized spacial score (nSPS) is 25.8. The highest BCUT2D eigenvalue weighted by Crippen LogP contribution is 2.61. The Labute approximate surface area is 188 Å². The molecule has 0 aromatic heterocycles. The third-order valence-electron chi connectivity index (χ3n) is 6.28. The van der Waals surface area contributed by atoms with E-state index in [9.17, 15) is 10.00 Å². The fourth-order valence-corrected chi connectivity index (χ4v) is 10.3. The maximum atomic E-state index is 11.6. The minimum absolute atomic E-state index is 0.222. The maximum absolute atomic E-state index is 11.6. The minimum Gasteiger partial charge on any atom is -0.507 e. The number of phenolic OH excluding ortho intramolecular Hbond substituents is 1. The Kier molecular flexibility index (Phi) is 7.70. The first-order valence-electron chi connectivity index (χ1n) is 10.9. The summed E-state index contributed by atoms with van der Waals surface area (Å²) in [6.07, 6.45) is 3.63. The van der Waals surface area contributed by atoms with Crippen LogP contribution in [0.25, 0.3) is 0 Å². The summed E-state index contributed by atoms with van der Waals surface area (Å²) >= 11 is 7.59. The fraction of sp³-hybridized carbons (Fsp3) is 0.750. The van der Waals surface area contributed by atoms with Gasteiger partial charge in [-0.3, -0.25) is 0 Å². The summed E-state index contributed by atoms with van der Waals surface area (Å²) in [5.41, 5.74) is -1.48. The molecule has 5 heteroatoms. The predicted molar refractivity (Wildman–Crippen MR) is 134 cm³/mol. The fourth-order valence-electron chi connectivity index (χ4n) is 4.41. The van der Waals surface area contributed by atoms with Gasteiger partial charge < -0.3 is 10.00 Å². The zero-order chi connectivity index (χ0) is 22.4. The van der Waals surface area contributed by atoms with Crippen LogP contribution >= 0.6 is 16.8 Å². The third kappa shape index (κ3) is 6.03. The standard InChI is InChI=1S/C24H41O2PS2/c1-15(2)18-11-10-16(3)12-21(18)29-27(26,28)17-13-19(23(4,5)6)22(25)20(14-17)24(7,8)9/h13-16,18,21,25H,10-12H2,1-9H3,(H,26,28). The lowest BCUT2D eigenvalue weighted by Gasteiger charge is -2.38. The summed E-state index contributed by atoms with van der Waals surface area (Å²) in [4.78, 5) is 11.6. The van der Waals surface area contributed by atoms with Gasteiger partial charge in [0.25, 0.3) is 0 Å². The molecule has 29 heavy (non-hydrogen) atoms. The molecule has 1 aromatic rings. The monoisotopic (exact) mass is 456 g/mol. The van der Waals surface area contributed by atoms with Gasteiger partial charge in [0.2, 0.25) is 0 Å². The Bertz CT molecular complexity index is 739. The first-order valence-corrected chi connectivity index (χ1v) is 15.2. The van der Waals surface area contributed by atoms with Crippen molar-refractivity contribution in [3.05, 3.63) is 23.3 Å². The van der Waals surface area contributed by atoms with E-state index in [1.54, 1.807) is 11.4 Å². The molecule has 2 rings (SSSR count). The second kappa shape index (κ2) is 8.85. The van der Waals surface area contributed by atoms with E-state index in [2.05, 4.69) is 62.3 Å². The molecule has 0 amide bonds. The van der Waals surface area contributed by atoms with Crippen LogP contribution in [0.2, 0.25) is 0 Å². The number of phenols is 1. The summed E-state index contributed by atoms with van der Waals surface area (Å²) < 4.78 is 0. The van der Waals surface area contributed by atoms with Crippen LogP contribution < -0.4 is 5.30 Å². The highest BCUT2D eigenvalue weighted by molar-refractivity contribution is 8.71. The van der Waals surface area contributed by atoms with Crippen LogP contribution in [-0.4, -0.2) is 15.2 Å². The second-order valence-corrected chi connectivity index (χ2v) is 18.2. The molecule has 0 saturated heterocycles. The van der Waals surface area contributed by atoms with Gasteiger partial charge in [-0.15, -0.1) is 0 Å². The highest BCUT2D eigenvalue weighted by atomic mass is 32.9. The first kappa shape index (κ1) is 25.2. The number of benzene rings is 1. The lowest BCUT2D eigenvalue weighted by Crippen LogP contribution is -2.30. The van der Waals surface area contributed by atoms with Crippen molar-refractivity contribution in [3.63, 3.8) is 0 Å². The van der Waals surface area contributed by atoms with E-state index in [-0.39, 0.29) is 10.8 Å². The van der Waals surface area contributed by atoms with Gasteiger partial charge >= 0.3 is 0 Å². The van der Waals surface area contributed by atoms with Gasteiger partial charge in [0.05, 0.1) is 0 Å². The summed E-state index contributed by atoms with van der Waals surface area (Å²) in [6, 6.07) is 3.96. The minimum atomic E-state index is -2.79. The van der Waals surface area contributed by atoms with Crippen molar-refractivity contribution in [2.75, 3.05) is 0 Å². The van der Waals surface area contributed by atoms with E-state index in [1.807, 2.05) is 12.1 Å². The van der Waals surface area contributed by atoms with Crippen LogP contribution in [0.5, 0.6) is 5.75 Å². The van der Waals surface area contributed by atoms with Crippen molar-refractivity contribution in [3.8, 4) is 5.75 Å². The molecule has 1 aliphatic rings. The Hall–Kier alpha value is -0.0200. The van der Waals surface area contributed by atoms with E-state index in [1.165, 1.54) is 12.8 Å². The van der Waals surface area contributed by atoms with E-state index in [0.29, 0.717) is 28.8 Å². The van der Waals surface area contributed by atoms with Crippen LogP contribution in [0.3, 0.4) is 0 Å². The molecule has 4 atom stereocenters. The molecule has 0 spiro atoms. The quantitative estimate of drug-likeness (QED) is 0.474. The van der Waals surface area contributed by atoms with Crippen molar-refractivity contribution in [1.29, 1.82) is 0 Å². The molecular weight excluding hydrogens is 415 g/mol. The average Bonchev–Trinajstić information content (AvgIpc) is 2.51. The van der Waals surface area contributed by atoms with Crippen LogP contribution in [0.15, 0.2) is 12.1 Å². The molecule has 2 nitrogen and oxygen atoms in total. The Morgan fingerprint density at radius 3 is 1.93 bits per heavy atom. The molecule has 166 valence electrons. The highest BCUT2D eigenvalue weighted by Gasteiger charge is 2.36. The van der Waals surface area contributed by atoms with E-state index >= 15 is 0 Å². The number of hydrogen-bond donors (Lipinski definition) is 2. The van der Waals surface area contributed by atoms with Crippen molar-refractivity contribution >= 4 is 34.0 Å². The molecule has 1 aromatic carbocycles. The molecule has 2 N–H and O–H groups in total. The molecule has 1 saturated carbocycles. The molecule has 0 radical (unpaired) electrons. The third-order valence-corrected chi connectivity index (χ3v) is 12.0. The molecule has 1 fully saturated rings. The van der Waals surface area contributed by atoms with Gasteiger partial charge in [0, 0.05) is 21.7 Å². The largest absolute Gasteiger partial charge is 0.507 e. The number of aromatic hydroxyl groups is 1. The summed E-state index contributed by atoms with van der Waals surface area (Å²) in [5.74, 6) is 2.24. The lowest BCUT2D eigenvalue weighted by atomic mass is 9.77. The van der Waals surface area contributed by atoms with Gasteiger partial charge in [0.1, 0.15) is 11.2 Å². The van der Waals surface area contributed by atoms with E-state index < -0.39 is 5.47 Å². The molecule has 0 aliphatic heterocycles. The van der Waals surface area contributed by atoms with E-state index in [0.717, 1.165) is 22.9 Å². The topological polar surface area (TPSA) is 40.5 Å². The smallest absolute Gasteiger partial charge is 0.146 e. The van der Waals surface area contributed by atoms with Crippen molar-refractivity contribution in [2.24, 2.45) is 17.8 Å². The van der Waals surface area contributed by atoms with Gasteiger partial charge in [-0.25, -0.2) is 0 Å². The van der Waals surface area contributed by atoms with Crippen molar-refractivity contribution in [1.82, 2.24) is 0 Å². The van der Waals surface area contributed by atoms with Crippen LogP contribution in [0.1, 0.15) is 92.7 Å². The predicted octanol–water partition coefficient (Wildman–Crippen LogP) is 7.11. The van der Waals surface area contributed by atoms with E-state index in [4.69, 9.17) is 11.8 Å². The maximum Gasteiger partial charge on any atom is 0.146 e. The first-order chi connectivity index (χ1) is 13.0. The summed E-state index contributed by atoms with van der Waals surface area (Å²) in [5, 5.41) is 12.3. The number of rotatable bonds is 4. The molecule has 0 bridgehead atoms. The van der Waals surface area contributed by atoms with Crippen LogP contribution in [-0.2, 0) is 22.6 Å². The van der Waals surface area contributed by atoms with Gasteiger partial charge in [-0.1, -0.05) is 91.9 Å². The van der Waals surface area contributed by atoms with Gasteiger partial charge in [0.15, 0.2) is 0 Å². The summed E-state index contributed by atoms with van der Waals surface area (Å²) in [7, 11) is 0. The van der Waals surface area contributed by atoms with Gasteiger partial charge in [-0.05, 0) is 53.6 Å². The van der Waals surface area contributed by atoms with Crippen molar-refractivity contribution in [2.45, 2.75) is 97.7 Å². The van der Waals surface area contributed by atoms with Crippen molar-refractivity contribution < 1.29 is 10.00 Å². The molecule has 4 unspecified atom stereocenters. The Balaban J connectivity index is 2.52. The SMILES string of the molecule is CC1CCC(C(C)C)C(SP(O)(=S)c2cc(C(C)(C)C)c(O)c(C(C)(C)C)c2)C1. The average molecular weight is 457 g/mol. The zero-order valence-corrected chi connectivity index (χ0v) is 22.3. The lowest BCUT2D eigenvalue weighted by molar-refractivity contribution is 0.245. The number of hydrogen-bond acceptors (Lipinski definition) is 3.